The highest BCUT2D eigenvalue weighted by Gasteiger charge is 2.12. The second kappa shape index (κ2) is 10.2. The summed E-state index contributed by atoms with van der Waals surface area (Å²) in [6.45, 7) is 1.86. The number of aryl methyl sites for hydroxylation is 1. The van der Waals surface area contributed by atoms with Gasteiger partial charge in [0.15, 0.2) is 11.7 Å². The number of hydrogen-bond donors (Lipinski definition) is 2. The van der Waals surface area contributed by atoms with Gasteiger partial charge in [0.05, 0.1) is 11.6 Å². The minimum Gasteiger partial charge on any atom is -0.482 e. The molecule has 0 aliphatic rings. The van der Waals surface area contributed by atoms with Gasteiger partial charge in [0, 0.05) is 15.6 Å². The lowest BCUT2D eigenvalue weighted by molar-refractivity contribution is -0.121. The van der Waals surface area contributed by atoms with Crippen LogP contribution >= 0.6 is 47.0 Å². The fourth-order valence-electron chi connectivity index (χ4n) is 2.63. The molecule has 0 saturated carbocycles. The monoisotopic (exact) mass is 482 g/mol. The van der Waals surface area contributed by atoms with E-state index in [4.69, 9.17) is 56.2 Å². The van der Waals surface area contributed by atoms with E-state index in [1.807, 2.05) is 24.3 Å². The fourth-order valence-corrected chi connectivity index (χ4v) is 3.59. The number of amides is 1. The Kier molecular flexibility index (Phi) is 7.61. The maximum absolute atomic E-state index is 12.1. The van der Waals surface area contributed by atoms with Crippen LogP contribution in [0, 0.1) is 6.92 Å². The highest BCUT2D eigenvalue weighted by Crippen LogP contribution is 2.31. The Morgan fingerprint density at radius 3 is 2.50 bits per heavy atom. The molecule has 1 amide bonds. The summed E-state index contributed by atoms with van der Waals surface area (Å²) in [6.07, 6.45) is 0. The Morgan fingerprint density at radius 1 is 1.07 bits per heavy atom. The van der Waals surface area contributed by atoms with Crippen molar-refractivity contribution in [1.82, 2.24) is 10.6 Å². The van der Waals surface area contributed by atoms with Gasteiger partial charge in [-0.15, -0.1) is 0 Å². The van der Waals surface area contributed by atoms with Crippen molar-refractivity contribution in [3.63, 3.8) is 0 Å². The molecule has 9 heteroatoms. The molecular formula is C21H17Cl3N2O3S. The number of furan rings is 1. The lowest BCUT2D eigenvalue weighted by Crippen LogP contribution is -2.41. The van der Waals surface area contributed by atoms with Gasteiger partial charge in [-0.25, -0.2) is 0 Å². The summed E-state index contributed by atoms with van der Waals surface area (Å²) in [7, 11) is 0. The second-order valence-electron chi connectivity index (χ2n) is 6.33. The number of rotatable bonds is 6. The molecule has 1 aromatic heterocycles. The third-order valence-corrected chi connectivity index (χ3v) is 5.01. The van der Waals surface area contributed by atoms with Gasteiger partial charge in [-0.05, 0) is 73.2 Å². The first kappa shape index (κ1) is 22.4. The Labute approximate surface area is 194 Å². The van der Waals surface area contributed by atoms with Crippen LogP contribution < -0.4 is 15.4 Å². The number of nitrogens with one attached hydrogen (secondary N) is 2. The zero-order chi connectivity index (χ0) is 21.7. The molecule has 0 fully saturated rings. The molecule has 1 heterocycles. The Hall–Kier alpha value is -2.25. The smallest absolute Gasteiger partial charge is 0.264 e. The molecular weight excluding hydrogens is 467 g/mol. The predicted molar refractivity (Wildman–Crippen MR) is 123 cm³/mol. The number of hydrogen-bond acceptors (Lipinski definition) is 4. The summed E-state index contributed by atoms with van der Waals surface area (Å²) >= 11 is 23.1. The van der Waals surface area contributed by atoms with Crippen molar-refractivity contribution >= 4 is 58.0 Å². The average molecular weight is 484 g/mol. The third-order valence-electron chi connectivity index (χ3n) is 4.01. The van der Waals surface area contributed by atoms with Gasteiger partial charge in [-0.2, -0.15) is 0 Å². The van der Waals surface area contributed by atoms with Gasteiger partial charge in [0.1, 0.15) is 17.3 Å². The summed E-state index contributed by atoms with van der Waals surface area (Å²) in [5, 5.41) is 7.11. The van der Waals surface area contributed by atoms with E-state index in [0.29, 0.717) is 38.9 Å². The number of ether oxygens (including phenoxy) is 1. The minimum atomic E-state index is -0.417. The lowest BCUT2D eigenvalue weighted by Gasteiger charge is -2.12. The van der Waals surface area contributed by atoms with Gasteiger partial charge in [0.25, 0.3) is 5.91 Å². The highest BCUT2D eigenvalue weighted by molar-refractivity contribution is 7.80. The van der Waals surface area contributed by atoms with Crippen molar-refractivity contribution in [2.75, 3.05) is 6.61 Å². The van der Waals surface area contributed by atoms with Crippen LogP contribution in [0.5, 0.6) is 5.75 Å². The molecule has 5 nitrogen and oxygen atoms in total. The van der Waals surface area contributed by atoms with Crippen molar-refractivity contribution in [2.45, 2.75) is 13.5 Å². The van der Waals surface area contributed by atoms with Gasteiger partial charge >= 0.3 is 0 Å². The third kappa shape index (κ3) is 6.12. The maximum atomic E-state index is 12.1. The van der Waals surface area contributed by atoms with E-state index in [1.54, 1.807) is 31.2 Å². The molecule has 0 atom stereocenters. The van der Waals surface area contributed by atoms with E-state index in [-0.39, 0.29) is 11.7 Å². The van der Waals surface area contributed by atoms with Crippen LogP contribution in [0.2, 0.25) is 15.1 Å². The van der Waals surface area contributed by atoms with E-state index in [0.717, 1.165) is 11.1 Å². The SMILES string of the molecule is Cc1cc(Cl)cc(Cl)c1OCC(=O)NC(=S)NCc1ccc(-c2ccc(Cl)cc2)o1. The van der Waals surface area contributed by atoms with Crippen molar-refractivity contribution in [2.24, 2.45) is 0 Å². The number of carbonyl (C=O) groups is 1. The zero-order valence-corrected chi connectivity index (χ0v) is 18.9. The number of carbonyl (C=O) groups excluding carboxylic acids is 1. The fraction of sp³-hybridized carbons (Fsp3) is 0.143. The predicted octanol–water partition coefficient (Wildman–Crippen LogP) is 5.78. The molecule has 3 aromatic rings. The van der Waals surface area contributed by atoms with Crippen LogP contribution in [-0.4, -0.2) is 17.6 Å². The molecule has 156 valence electrons. The molecule has 0 saturated heterocycles. The van der Waals surface area contributed by atoms with Crippen LogP contribution in [0.4, 0.5) is 0 Å². The molecule has 0 radical (unpaired) electrons. The molecule has 30 heavy (non-hydrogen) atoms. The van der Waals surface area contributed by atoms with Crippen molar-refractivity contribution < 1.29 is 13.9 Å². The summed E-state index contributed by atoms with van der Waals surface area (Å²) < 4.78 is 11.3. The highest BCUT2D eigenvalue weighted by atomic mass is 35.5. The van der Waals surface area contributed by atoms with Crippen molar-refractivity contribution in [3.05, 3.63) is 74.9 Å². The standard InChI is InChI=1S/C21H17Cl3N2O3S/c1-12-8-15(23)9-17(24)20(12)28-11-19(27)26-21(30)25-10-16-6-7-18(29-16)13-2-4-14(22)5-3-13/h2-9H,10-11H2,1H3,(H2,25,26,27,30). The first-order valence-corrected chi connectivity index (χ1v) is 10.4. The Balaban J connectivity index is 1.47. The zero-order valence-electron chi connectivity index (χ0n) is 15.8. The number of thiocarbonyl (C=S) groups is 1. The molecule has 0 aliphatic heterocycles. The topological polar surface area (TPSA) is 63.5 Å². The van der Waals surface area contributed by atoms with E-state index in [2.05, 4.69) is 10.6 Å². The van der Waals surface area contributed by atoms with Gasteiger partial charge in [-0.1, -0.05) is 34.8 Å². The molecule has 0 aliphatic carbocycles. The number of benzene rings is 2. The Bertz CT molecular complexity index is 1040. The van der Waals surface area contributed by atoms with Crippen LogP contribution in [-0.2, 0) is 11.3 Å². The second-order valence-corrected chi connectivity index (χ2v) is 8.01. The molecule has 0 bridgehead atoms. The van der Waals surface area contributed by atoms with Crippen LogP contribution in [0.1, 0.15) is 11.3 Å². The largest absolute Gasteiger partial charge is 0.482 e. The molecule has 2 aromatic carbocycles. The molecule has 0 unspecified atom stereocenters. The molecule has 0 spiro atoms. The van der Waals surface area contributed by atoms with E-state index < -0.39 is 5.91 Å². The van der Waals surface area contributed by atoms with Crippen LogP contribution in [0.25, 0.3) is 11.3 Å². The Morgan fingerprint density at radius 2 is 1.80 bits per heavy atom. The first-order valence-electron chi connectivity index (χ1n) is 8.82. The quantitative estimate of drug-likeness (QED) is 0.435. The van der Waals surface area contributed by atoms with E-state index in [1.165, 1.54) is 0 Å². The summed E-state index contributed by atoms with van der Waals surface area (Å²) in [5.41, 5.74) is 1.64. The van der Waals surface area contributed by atoms with E-state index >= 15 is 0 Å². The van der Waals surface area contributed by atoms with Gasteiger partial charge < -0.3 is 19.8 Å². The molecule has 3 rings (SSSR count). The minimum absolute atomic E-state index is 0.159. The molecule has 2 N–H and O–H groups in total. The first-order chi connectivity index (χ1) is 14.3. The summed E-state index contributed by atoms with van der Waals surface area (Å²) in [4.78, 5) is 12.1. The summed E-state index contributed by atoms with van der Waals surface area (Å²) in [6, 6.07) is 14.3. The van der Waals surface area contributed by atoms with E-state index in [9.17, 15) is 4.79 Å². The van der Waals surface area contributed by atoms with Gasteiger partial charge in [-0.3, -0.25) is 4.79 Å². The van der Waals surface area contributed by atoms with Crippen LogP contribution in [0.3, 0.4) is 0 Å². The van der Waals surface area contributed by atoms with Crippen molar-refractivity contribution in [3.8, 4) is 17.1 Å². The van der Waals surface area contributed by atoms with Gasteiger partial charge in [0.2, 0.25) is 0 Å². The lowest BCUT2D eigenvalue weighted by atomic mass is 10.2. The number of halogens is 3. The normalized spacial score (nSPS) is 10.5. The van der Waals surface area contributed by atoms with Crippen LogP contribution in [0.15, 0.2) is 52.9 Å². The van der Waals surface area contributed by atoms with Crippen molar-refractivity contribution in [1.29, 1.82) is 0 Å². The maximum Gasteiger partial charge on any atom is 0.264 e. The average Bonchev–Trinajstić information content (AvgIpc) is 3.15. The summed E-state index contributed by atoms with van der Waals surface area (Å²) in [5.74, 6) is 1.36.